The molecular weight excluding hydrogens is 256 g/mol. The molecule has 0 heterocycles. The van der Waals surface area contributed by atoms with E-state index < -0.39 is 0 Å². The molecule has 2 aliphatic carbocycles. The maximum absolute atomic E-state index is 5.85. The molecule has 0 radical (unpaired) electrons. The van der Waals surface area contributed by atoms with Crippen LogP contribution in [0.1, 0.15) is 30.9 Å². The van der Waals surface area contributed by atoms with Crippen molar-refractivity contribution in [2.24, 2.45) is 23.6 Å². The molecule has 4 rings (SSSR count). The van der Waals surface area contributed by atoms with Gasteiger partial charge in [0.15, 0.2) is 0 Å². The highest BCUT2D eigenvalue weighted by Crippen LogP contribution is 2.62. The number of benzene rings is 2. The lowest BCUT2D eigenvalue weighted by molar-refractivity contribution is 0.425. The van der Waals surface area contributed by atoms with E-state index in [1.165, 1.54) is 36.0 Å². The second-order valence-electron chi connectivity index (χ2n) is 6.47. The standard InChI is InChI=1S/C19H22N2/c20-21-19(18-16-7-4-8-17(16)18)15-11-9-14(10-12-15)13-5-2-1-3-6-13/h1-3,5-6,9-12,16-19,21H,4,7-8,20H2. The number of nitrogens with one attached hydrogen (secondary N) is 1. The molecule has 21 heavy (non-hydrogen) atoms. The number of nitrogens with two attached hydrogens (primary N) is 1. The van der Waals surface area contributed by atoms with Gasteiger partial charge in [-0.15, -0.1) is 0 Å². The smallest absolute Gasteiger partial charge is 0.0493 e. The lowest BCUT2D eigenvalue weighted by atomic mass is 9.95. The summed E-state index contributed by atoms with van der Waals surface area (Å²) in [6, 6.07) is 19.8. The minimum absolute atomic E-state index is 0.324. The first-order valence-electron chi connectivity index (χ1n) is 8.00. The minimum atomic E-state index is 0.324. The van der Waals surface area contributed by atoms with Gasteiger partial charge in [-0.05, 0) is 47.3 Å². The minimum Gasteiger partial charge on any atom is -0.271 e. The van der Waals surface area contributed by atoms with Crippen molar-refractivity contribution in [2.45, 2.75) is 25.3 Å². The lowest BCUT2D eigenvalue weighted by Gasteiger charge is -2.18. The summed E-state index contributed by atoms with van der Waals surface area (Å²) < 4.78 is 0. The molecule has 3 N–H and O–H groups in total. The number of rotatable bonds is 4. The van der Waals surface area contributed by atoms with Crippen LogP contribution in [0, 0.1) is 17.8 Å². The summed E-state index contributed by atoms with van der Waals surface area (Å²) in [6.07, 6.45) is 4.21. The fraction of sp³-hybridized carbons (Fsp3) is 0.368. The van der Waals surface area contributed by atoms with E-state index >= 15 is 0 Å². The molecule has 0 saturated heterocycles. The summed E-state index contributed by atoms with van der Waals surface area (Å²) in [4.78, 5) is 0. The van der Waals surface area contributed by atoms with Crippen LogP contribution in [0.15, 0.2) is 54.6 Å². The van der Waals surface area contributed by atoms with Crippen LogP contribution in [0.25, 0.3) is 11.1 Å². The Bertz CT molecular complexity index is 595. The van der Waals surface area contributed by atoms with E-state index in [1.807, 2.05) is 0 Å². The topological polar surface area (TPSA) is 38.0 Å². The van der Waals surface area contributed by atoms with Gasteiger partial charge in [-0.3, -0.25) is 11.3 Å². The monoisotopic (exact) mass is 278 g/mol. The number of hydrogen-bond acceptors (Lipinski definition) is 2. The first kappa shape index (κ1) is 13.1. The lowest BCUT2D eigenvalue weighted by Crippen LogP contribution is -2.30. The second-order valence-corrected chi connectivity index (χ2v) is 6.47. The van der Waals surface area contributed by atoms with Gasteiger partial charge in [0.1, 0.15) is 0 Å². The van der Waals surface area contributed by atoms with Crippen molar-refractivity contribution in [3.05, 3.63) is 60.2 Å². The van der Waals surface area contributed by atoms with Crippen LogP contribution < -0.4 is 11.3 Å². The Labute approximate surface area is 126 Å². The fourth-order valence-electron chi connectivity index (χ4n) is 4.31. The highest BCUT2D eigenvalue weighted by Gasteiger charge is 2.55. The third kappa shape index (κ3) is 2.29. The van der Waals surface area contributed by atoms with Crippen molar-refractivity contribution in [1.29, 1.82) is 0 Å². The highest BCUT2D eigenvalue weighted by atomic mass is 15.2. The van der Waals surface area contributed by atoms with E-state index in [0.29, 0.717) is 6.04 Å². The summed E-state index contributed by atoms with van der Waals surface area (Å²) in [5.74, 6) is 8.44. The number of hydrazine groups is 1. The molecule has 2 nitrogen and oxygen atoms in total. The quantitative estimate of drug-likeness (QED) is 0.657. The Kier molecular flexibility index (Phi) is 3.28. The van der Waals surface area contributed by atoms with Crippen LogP contribution in [0.4, 0.5) is 0 Å². The summed E-state index contributed by atoms with van der Waals surface area (Å²) >= 11 is 0. The molecule has 3 atom stereocenters. The van der Waals surface area contributed by atoms with Crippen LogP contribution in [0.3, 0.4) is 0 Å². The Morgan fingerprint density at radius 2 is 1.48 bits per heavy atom. The van der Waals surface area contributed by atoms with Gasteiger partial charge in [0, 0.05) is 6.04 Å². The van der Waals surface area contributed by atoms with Gasteiger partial charge in [0.2, 0.25) is 0 Å². The zero-order valence-corrected chi connectivity index (χ0v) is 12.2. The Morgan fingerprint density at radius 3 is 2.10 bits per heavy atom. The first-order chi connectivity index (χ1) is 10.4. The van der Waals surface area contributed by atoms with E-state index in [-0.39, 0.29) is 0 Å². The van der Waals surface area contributed by atoms with Gasteiger partial charge in [-0.1, -0.05) is 61.0 Å². The predicted octanol–water partition coefficient (Wildman–Crippen LogP) is 3.90. The SMILES string of the molecule is NNC(c1ccc(-c2ccccc2)cc1)C1C2CCCC21. The normalized spacial score (nSPS) is 28.1. The molecule has 2 fully saturated rings. The molecule has 2 aromatic rings. The van der Waals surface area contributed by atoms with E-state index in [1.54, 1.807) is 0 Å². The Balaban J connectivity index is 1.55. The summed E-state index contributed by atoms with van der Waals surface area (Å²) in [5, 5.41) is 0. The van der Waals surface area contributed by atoms with Crippen LogP contribution in [-0.4, -0.2) is 0 Å². The molecule has 0 aliphatic heterocycles. The Morgan fingerprint density at radius 1 is 0.857 bits per heavy atom. The third-order valence-corrected chi connectivity index (χ3v) is 5.41. The fourth-order valence-corrected chi connectivity index (χ4v) is 4.31. The molecule has 2 heteroatoms. The highest BCUT2D eigenvalue weighted by molar-refractivity contribution is 5.63. The van der Waals surface area contributed by atoms with Gasteiger partial charge in [0.25, 0.3) is 0 Å². The van der Waals surface area contributed by atoms with Crippen molar-refractivity contribution in [3.8, 4) is 11.1 Å². The average Bonchev–Trinajstić information content (AvgIpc) is 3.01. The second kappa shape index (κ2) is 5.28. The molecule has 0 aromatic heterocycles. The van der Waals surface area contributed by atoms with Crippen molar-refractivity contribution in [3.63, 3.8) is 0 Å². The zero-order valence-electron chi connectivity index (χ0n) is 12.2. The molecule has 3 unspecified atom stereocenters. The van der Waals surface area contributed by atoms with Crippen molar-refractivity contribution in [1.82, 2.24) is 5.43 Å². The van der Waals surface area contributed by atoms with Crippen molar-refractivity contribution in [2.75, 3.05) is 0 Å². The van der Waals surface area contributed by atoms with Crippen molar-refractivity contribution >= 4 is 0 Å². The summed E-state index contributed by atoms with van der Waals surface area (Å²) in [7, 11) is 0. The molecule has 0 spiro atoms. The zero-order chi connectivity index (χ0) is 14.2. The predicted molar refractivity (Wildman–Crippen MR) is 86.3 cm³/mol. The van der Waals surface area contributed by atoms with E-state index in [4.69, 9.17) is 5.84 Å². The average molecular weight is 278 g/mol. The molecule has 2 saturated carbocycles. The molecule has 0 amide bonds. The number of fused-ring (bicyclic) bond motifs is 1. The van der Waals surface area contributed by atoms with Crippen molar-refractivity contribution < 1.29 is 0 Å². The molecule has 0 bridgehead atoms. The summed E-state index contributed by atoms with van der Waals surface area (Å²) in [6.45, 7) is 0. The van der Waals surface area contributed by atoms with Crippen LogP contribution in [0.2, 0.25) is 0 Å². The van der Waals surface area contributed by atoms with Gasteiger partial charge >= 0.3 is 0 Å². The Hall–Kier alpha value is -1.64. The molecule has 2 aromatic carbocycles. The van der Waals surface area contributed by atoms with Gasteiger partial charge < -0.3 is 0 Å². The molecule has 108 valence electrons. The van der Waals surface area contributed by atoms with E-state index in [9.17, 15) is 0 Å². The molecule has 2 aliphatic rings. The maximum Gasteiger partial charge on any atom is 0.0493 e. The third-order valence-electron chi connectivity index (χ3n) is 5.41. The summed E-state index contributed by atoms with van der Waals surface area (Å²) in [5.41, 5.74) is 6.94. The number of hydrogen-bond donors (Lipinski definition) is 2. The largest absolute Gasteiger partial charge is 0.271 e. The van der Waals surface area contributed by atoms with Crippen LogP contribution >= 0.6 is 0 Å². The van der Waals surface area contributed by atoms with Crippen LogP contribution in [-0.2, 0) is 0 Å². The van der Waals surface area contributed by atoms with Gasteiger partial charge in [-0.2, -0.15) is 0 Å². The van der Waals surface area contributed by atoms with Gasteiger partial charge in [0.05, 0.1) is 0 Å². The molecular formula is C19H22N2. The van der Waals surface area contributed by atoms with Crippen LogP contribution in [0.5, 0.6) is 0 Å². The maximum atomic E-state index is 5.85. The van der Waals surface area contributed by atoms with Gasteiger partial charge in [-0.25, -0.2) is 0 Å². The van der Waals surface area contributed by atoms with E-state index in [0.717, 1.165) is 17.8 Å². The first-order valence-corrected chi connectivity index (χ1v) is 8.00. The van der Waals surface area contributed by atoms with E-state index in [2.05, 4.69) is 60.0 Å².